The highest BCUT2D eigenvalue weighted by molar-refractivity contribution is 5.86. The minimum Gasteiger partial charge on any atom is -0.345 e. The van der Waals surface area contributed by atoms with Gasteiger partial charge in [0.2, 0.25) is 0 Å². The van der Waals surface area contributed by atoms with Crippen LogP contribution in [-0.4, -0.2) is 11.1 Å². The fourth-order valence-electron chi connectivity index (χ4n) is 2.57. The lowest BCUT2D eigenvalue weighted by Gasteiger charge is -2.14. The van der Waals surface area contributed by atoms with Crippen molar-refractivity contribution in [2.24, 2.45) is 7.05 Å². The summed E-state index contributed by atoms with van der Waals surface area (Å²) in [4.78, 5) is 0. The molecule has 1 aliphatic rings. The molecule has 1 N–H and O–H groups in total. The number of fused-ring (bicyclic) bond motifs is 3. The lowest BCUT2D eigenvalue weighted by molar-refractivity contribution is 0.587. The van der Waals surface area contributed by atoms with Gasteiger partial charge in [-0.05, 0) is 11.6 Å². The molecule has 16 heavy (non-hydrogen) atoms. The van der Waals surface area contributed by atoms with Crippen LogP contribution in [0.1, 0.15) is 11.3 Å². The lowest BCUT2D eigenvalue weighted by atomic mass is 10.1. The van der Waals surface area contributed by atoms with Crippen LogP contribution in [0.25, 0.3) is 10.9 Å². The molecule has 0 unspecified atom stereocenters. The first-order valence-electron chi connectivity index (χ1n) is 5.34. The first-order valence-corrected chi connectivity index (χ1v) is 5.34. The number of rotatable bonds is 0. The van der Waals surface area contributed by atoms with Crippen LogP contribution in [0.2, 0.25) is 0 Å². The Bertz CT molecular complexity index is 572. The predicted molar refractivity (Wildman–Crippen MR) is 58.2 cm³/mol. The van der Waals surface area contributed by atoms with E-state index < -0.39 is 11.6 Å². The largest absolute Gasteiger partial charge is 0.345 e. The zero-order valence-corrected chi connectivity index (χ0v) is 8.98. The summed E-state index contributed by atoms with van der Waals surface area (Å²) in [7, 11) is 1.84. The van der Waals surface area contributed by atoms with E-state index in [1.54, 1.807) is 0 Å². The van der Waals surface area contributed by atoms with Gasteiger partial charge in [-0.25, -0.2) is 8.78 Å². The third-order valence-electron chi connectivity index (χ3n) is 3.28. The highest BCUT2D eigenvalue weighted by Gasteiger charge is 2.20. The van der Waals surface area contributed by atoms with E-state index in [1.807, 2.05) is 11.6 Å². The zero-order chi connectivity index (χ0) is 11.3. The summed E-state index contributed by atoms with van der Waals surface area (Å²) in [6.07, 6.45) is 0.863. The fraction of sp³-hybridized carbons (Fsp3) is 0.333. The van der Waals surface area contributed by atoms with Crippen LogP contribution in [-0.2, 0) is 20.0 Å². The first-order chi connectivity index (χ1) is 7.68. The van der Waals surface area contributed by atoms with Crippen LogP contribution < -0.4 is 5.32 Å². The fourth-order valence-corrected chi connectivity index (χ4v) is 2.57. The molecule has 84 valence electrons. The van der Waals surface area contributed by atoms with E-state index in [1.165, 1.54) is 6.07 Å². The van der Waals surface area contributed by atoms with Gasteiger partial charge in [0.1, 0.15) is 11.6 Å². The van der Waals surface area contributed by atoms with E-state index in [0.717, 1.165) is 30.3 Å². The van der Waals surface area contributed by atoms with Crippen LogP contribution in [0.4, 0.5) is 8.78 Å². The highest BCUT2D eigenvalue weighted by Crippen LogP contribution is 2.30. The molecule has 2 aromatic rings. The Morgan fingerprint density at radius 1 is 1.31 bits per heavy atom. The molecule has 0 radical (unpaired) electrons. The van der Waals surface area contributed by atoms with Crippen molar-refractivity contribution >= 4 is 10.9 Å². The molecule has 0 saturated carbocycles. The molecule has 2 nitrogen and oxygen atoms in total. The summed E-state index contributed by atoms with van der Waals surface area (Å²) >= 11 is 0. The first kappa shape index (κ1) is 9.78. The van der Waals surface area contributed by atoms with E-state index in [9.17, 15) is 8.78 Å². The monoisotopic (exact) mass is 222 g/mol. The van der Waals surface area contributed by atoms with Crippen molar-refractivity contribution in [3.63, 3.8) is 0 Å². The second kappa shape index (κ2) is 3.28. The number of aryl methyl sites for hydroxylation is 1. The van der Waals surface area contributed by atoms with Gasteiger partial charge in [-0.15, -0.1) is 0 Å². The SMILES string of the molecule is Cn1c2c(c3cc(F)cc(F)c31)CNCC2. The van der Waals surface area contributed by atoms with Gasteiger partial charge in [0.25, 0.3) is 0 Å². The van der Waals surface area contributed by atoms with Gasteiger partial charge in [-0.3, -0.25) is 0 Å². The Balaban J connectivity index is 2.44. The van der Waals surface area contributed by atoms with Gasteiger partial charge in [-0.1, -0.05) is 0 Å². The molecule has 0 amide bonds. The Hall–Kier alpha value is -1.42. The normalized spacial score (nSPS) is 15.4. The van der Waals surface area contributed by atoms with Crippen LogP contribution in [0.5, 0.6) is 0 Å². The molecule has 0 saturated heterocycles. The quantitative estimate of drug-likeness (QED) is 0.722. The van der Waals surface area contributed by atoms with Gasteiger partial charge >= 0.3 is 0 Å². The van der Waals surface area contributed by atoms with E-state index >= 15 is 0 Å². The molecule has 2 heterocycles. The molecule has 0 bridgehead atoms. The third kappa shape index (κ3) is 1.19. The van der Waals surface area contributed by atoms with Crippen LogP contribution in [0, 0.1) is 11.6 Å². The van der Waals surface area contributed by atoms with Crippen molar-refractivity contribution in [2.75, 3.05) is 6.54 Å². The molecular formula is C12H12F2N2. The van der Waals surface area contributed by atoms with Gasteiger partial charge < -0.3 is 9.88 Å². The van der Waals surface area contributed by atoms with Gasteiger partial charge in [0, 0.05) is 43.7 Å². The van der Waals surface area contributed by atoms with Crippen molar-refractivity contribution < 1.29 is 8.78 Å². The number of halogens is 2. The Kier molecular flexibility index (Phi) is 2.01. The van der Waals surface area contributed by atoms with E-state index in [2.05, 4.69) is 5.32 Å². The van der Waals surface area contributed by atoms with E-state index in [4.69, 9.17) is 0 Å². The minimum atomic E-state index is -0.510. The second-order valence-corrected chi connectivity index (χ2v) is 4.19. The van der Waals surface area contributed by atoms with E-state index in [-0.39, 0.29) is 0 Å². The lowest BCUT2D eigenvalue weighted by Crippen LogP contribution is -2.24. The molecule has 1 aromatic carbocycles. The molecule has 0 atom stereocenters. The number of aromatic nitrogens is 1. The van der Waals surface area contributed by atoms with E-state index in [0.29, 0.717) is 17.4 Å². The summed E-state index contributed by atoms with van der Waals surface area (Å²) < 4.78 is 28.8. The Morgan fingerprint density at radius 2 is 2.12 bits per heavy atom. The molecule has 1 aromatic heterocycles. The molecular weight excluding hydrogens is 210 g/mol. The Labute approximate surface area is 91.9 Å². The molecule has 0 aliphatic carbocycles. The van der Waals surface area contributed by atoms with Gasteiger partial charge in [0.15, 0.2) is 0 Å². The van der Waals surface area contributed by atoms with Crippen molar-refractivity contribution in [3.05, 3.63) is 35.0 Å². The standard InChI is InChI=1S/C12H12F2N2/c1-16-11-2-3-15-6-9(11)8-4-7(13)5-10(14)12(8)16/h4-5,15H,2-3,6H2,1H3. The van der Waals surface area contributed by atoms with Crippen molar-refractivity contribution in [1.82, 2.24) is 9.88 Å². The minimum absolute atomic E-state index is 0.480. The van der Waals surface area contributed by atoms with Crippen molar-refractivity contribution in [2.45, 2.75) is 13.0 Å². The summed E-state index contributed by atoms with van der Waals surface area (Å²) in [6, 6.07) is 2.37. The number of nitrogens with one attached hydrogen (secondary N) is 1. The van der Waals surface area contributed by atoms with Gasteiger partial charge in [-0.2, -0.15) is 0 Å². The van der Waals surface area contributed by atoms with Crippen LogP contribution in [0.15, 0.2) is 12.1 Å². The van der Waals surface area contributed by atoms with Crippen molar-refractivity contribution in [3.8, 4) is 0 Å². The smallest absolute Gasteiger partial charge is 0.150 e. The summed E-state index contributed by atoms with van der Waals surface area (Å²) in [5.41, 5.74) is 2.65. The van der Waals surface area contributed by atoms with Crippen molar-refractivity contribution in [1.29, 1.82) is 0 Å². The Morgan fingerprint density at radius 3 is 2.94 bits per heavy atom. The van der Waals surface area contributed by atoms with Crippen LogP contribution >= 0.6 is 0 Å². The molecule has 3 rings (SSSR count). The molecule has 0 spiro atoms. The third-order valence-corrected chi connectivity index (χ3v) is 3.28. The summed E-state index contributed by atoms with van der Waals surface area (Å²) in [6.45, 7) is 1.58. The molecule has 4 heteroatoms. The van der Waals surface area contributed by atoms with Crippen LogP contribution in [0.3, 0.4) is 0 Å². The topological polar surface area (TPSA) is 17.0 Å². The predicted octanol–water partition coefficient (Wildman–Crippen LogP) is 2.10. The number of nitrogens with zero attached hydrogens (tertiary/aromatic N) is 1. The number of hydrogen-bond acceptors (Lipinski definition) is 1. The van der Waals surface area contributed by atoms with Gasteiger partial charge in [0.05, 0.1) is 5.52 Å². The number of benzene rings is 1. The maximum absolute atomic E-state index is 13.7. The maximum Gasteiger partial charge on any atom is 0.150 e. The highest BCUT2D eigenvalue weighted by atomic mass is 19.1. The second-order valence-electron chi connectivity index (χ2n) is 4.19. The molecule has 0 fully saturated rings. The average Bonchev–Trinajstić information content (AvgIpc) is 2.54. The maximum atomic E-state index is 13.7. The summed E-state index contributed by atoms with van der Waals surface area (Å²) in [5, 5.41) is 3.92. The zero-order valence-electron chi connectivity index (χ0n) is 8.98. The summed E-state index contributed by atoms with van der Waals surface area (Å²) in [5.74, 6) is -0.990. The number of hydrogen-bond donors (Lipinski definition) is 1. The average molecular weight is 222 g/mol. The molecule has 1 aliphatic heterocycles.